The zero-order valence-corrected chi connectivity index (χ0v) is 10.8. The van der Waals surface area contributed by atoms with E-state index in [-0.39, 0.29) is 34.1 Å². The number of aromatic nitrogens is 1. The predicted molar refractivity (Wildman–Crippen MR) is 68.0 cm³/mol. The number of halogens is 1. The first-order valence-corrected chi connectivity index (χ1v) is 5.64. The van der Waals surface area contributed by atoms with Gasteiger partial charge in [0.1, 0.15) is 11.3 Å². The third-order valence-corrected chi connectivity index (χ3v) is 2.95. The molecule has 5 nitrogen and oxygen atoms in total. The molecule has 2 amide bonds. The maximum Gasteiger partial charge on any atom is 0.417 e. The summed E-state index contributed by atoms with van der Waals surface area (Å²) in [4.78, 5) is 28.2. The minimum absolute atomic E-state index is 0.0117. The second-order valence-electron chi connectivity index (χ2n) is 4.16. The van der Waals surface area contributed by atoms with Gasteiger partial charge in [-0.3, -0.25) is 4.79 Å². The number of ether oxygens (including phenoxy) is 1. The SMILES string of the molecule is [CH]c1nc2c(c([CH])c1Cl)CN(C(=O)OC([CH])([CH])[CH])C2=O. The van der Waals surface area contributed by atoms with Crippen molar-refractivity contribution < 1.29 is 14.3 Å². The number of imide groups is 1. The molecule has 20 heavy (non-hydrogen) atoms. The number of rotatable bonds is 1. The summed E-state index contributed by atoms with van der Waals surface area (Å²) in [7, 11) is 0. The van der Waals surface area contributed by atoms with Crippen LogP contribution in [0.4, 0.5) is 4.79 Å². The van der Waals surface area contributed by atoms with Crippen molar-refractivity contribution in [2.45, 2.75) is 12.1 Å². The molecule has 0 N–H and O–H groups in total. The Bertz CT molecular complexity index is 605. The molecular formula is C14H7ClN2O3. The molecule has 0 spiro atoms. The summed E-state index contributed by atoms with van der Waals surface area (Å²) >= 11 is 5.82. The molecule has 0 aromatic carbocycles. The van der Waals surface area contributed by atoms with Gasteiger partial charge < -0.3 is 4.74 Å². The average molecular weight is 287 g/mol. The van der Waals surface area contributed by atoms with Crippen LogP contribution in [0.1, 0.15) is 27.3 Å². The van der Waals surface area contributed by atoms with Gasteiger partial charge in [-0.25, -0.2) is 14.7 Å². The molecule has 98 valence electrons. The van der Waals surface area contributed by atoms with Crippen LogP contribution in [-0.2, 0) is 11.3 Å². The Morgan fingerprint density at radius 3 is 2.50 bits per heavy atom. The largest absolute Gasteiger partial charge is 0.441 e. The Morgan fingerprint density at radius 2 is 1.95 bits per heavy atom. The normalized spacial score (nSPS) is 14.5. The van der Waals surface area contributed by atoms with Crippen molar-refractivity contribution in [1.29, 1.82) is 0 Å². The Morgan fingerprint density at radius 1 is 1.35 bits per heavy atom. The first kappa shape index (κ1) is 14.8. The van der Waals surface area contributed by atoms with Crippen molar-refractivity contribution in [3.05, 3.63) is 62.2 Å². The van der Waals surface area contributed by atoms with Crippen molar-refractivity contribution in [1.82, 2.24) is 9.88 Å². The van der Waals surface area contributed by atoms with Gasteiger partial charge in [0.2, 0.25) is 0 Å². The lowest BCUT2D eigenvalue weighted by Gasteiger charge is -2.22. The summed E-state index contributed by atoms with van der Waals surface area (Å²) in [6.45, 7) is 26.4. The summed E-state index contributed by atoms with van der Waals surface area (Å²) in [6, 6.07) is 0. The highest BCUT2D eigenvalue weighted by molar-refractivity contribution is 6.32. The van der Waals surface area contributed by atoms with Crippen LogP contribution in [0.2, 0.25) is 5.02 Å². The predicted octanol–water partition coefficient (Wildman–Crippen LogP) is 1.82. The minimum atomic E-state index is -2.21. The molecule has 0 saturated heterocycles. The fraction of sp³-hybridized carbons (Fsp3) is 0.143. The minimum Gasteiger partial charge on any atom is -0.441 e. The standard InChI is InChI=1S/C14H7ClN2O3/c1-7-9-6-17(13(19)20-14(3,4)5)12(18)11(9)16-8(2)10(7)15/h1-5H,6H2. The molecular weight excluding hydrogens is 280 g/mol. The molecule has 6 heteroatoms. The van der Waals surface area contributed by atoms with E-state index in [1.165, 1.54) is 0 Å². The van der Waals surface area contributed by atoms with Crippen molar-refractivity contribution in [2.24, 2.45) is 0 Å². The van der Waals surface area contributed by atoms with E-state index in [9.17, 15) is 9.59 Å². The Balaban J connectivity index is 2.35. The van der Waals surface area contributed by atoms with Crippen LogP contribution in [-0.4, -0.2) is 27.5 Å². The van der Waals surface area contributed by atoms with E-state index in [0.717, 1.165) is 0 Å². The van der Waals surface area contributed by atoms with Crippen molar-refractivity contribution in [3.63, 3.8) is 0 Å². The number of carbonyl (C=O) groups excluding carboxylic acids is 2. The second kappa shape index (κ2) is 4.74. The highest BCUT2D eigenvalue weighted by Crippen LogP contribution is 2.31. The number of hydrogen-bond acceptors (Lipinski definition) is 4. The van der Waals surface area contributed by atoms with Gasteiger partial charge in [-0.2, -0.15) is 0 Å². The summed E-state index contributed by atoms with van der Waals surface area (Å²) in [6.07, 6.45) is -1.13. The van der Waals surface area contributed by atoms with Gasteiger partial charge in [0, 0.05) is 40.2 Å². The van der Waals surface area contributed by atoms with E-state index in [4.69, 9.17) is 46.2 Å². The van der Waals surface area contributed by atoms with Crippen LogP contribution >= 0.6 is 11.6 Å². The van der Waals surface area contributed by atoms with Gasteiger partial charge in [-0.05, 0) is 5.56 Å². The topological polar surface area (TPSA) is 59.5 Å². The highest BCUT2D eigenvalue weighted by Gasteiger charge is 2.38. The highest BCUT2D eigenvalue weighted by atomic mass is 35.5. The van der Waals surface area contributed by atoms with E-state index in [2.05, 4.69) is 9.72 Å². The van der Waals surface area contributed by atoms with Crippen molar-refractivity contribution in [2.75, 3.05) is 0 Å². The summed E-state index contributed by atoms with van der Waals surface area (Å²) in [5, 5.41) is 0.0117. The number of hydrogen-bond donors (Lipinski definition) is 0. The lowest BCUT2D eigenvalue weighted by atomic mass is 10.1. The molecule has 0 unspecified atom stereocenters. The lowest BCUT2D eigenvalue weighted by Crippen LogP contribution is -2.37. The zero-order chi connectivity index (χ0) is 15.2. The molecule has 0 aliphatic carbocycles. The molecule has 0 bridgehead atoms. The van der Waals surface area contributed by atoms with E-state index in [1.807, 2.05) is 0 Å². The number of pyridine rings is 1. The smallest absolute Gasteiger partial charge is 0.417 e. The number of amides is 2. The van der Waals surface area contributed by atoms with Gasteiger partial charge in [0.15, 0.2) is 0 Å². The molecule has 10 radical (unpaired) electrons. The van der Waals surface area contributed by atoms with Crippen LogP contribution in [0.5, 0.6) is 0 Å². The maximum atomic E-state index is 12.0. The molecule has 1 aromatic heterocycles. The second-order valence-corrected chi connectivity index (χ2v) is 4.54. The van der Waals surface area contributed by atoms with E-state index in [0.29, 0.717) is 4.90 Å². The Labute approximate surface area is 122 Å². The van der Waals surface area contributed by atoms with Crippen LogP contribution in [0, 0.1) is 34.6 Å². The van der Waals surface area contributed by atoms with Gasteiger partial charge in [-0.15, -0.1) is 0 Å². The van der Waals surface area contributed by atoms with Crippen LogP contribution in [0.15, 0.2) is 0 Å². The first-order chi connectivity index (χ1) is 9.11. The van der Waals surface area contributed by atoms with Gasteiger partial charge in [-0.1, -0.05) is 11.6 Å². The molecule has 0 fully saturated rings. The van der Waals surface area contributed by atoms with Gasteiger partial charge >= 0.3 is 6.09 Å². The number of fused-ring (bicyclic) bond motifs is 1. The molecule has 1 aliphatic heterocycles. The van der Waals surface area contributed by atoms with Crippen LogP contribution in [0.25, 0.3) is 0 Å². The maximum absolute atomic E-state index is 12.0. The van der Waals surface area contributed by atoms with Crippen molar-refractivity contribution in [3.8, 4) is 0 Å². The van der Waals surface area contributed by atoms with Crippen molar-refractivity contribution >= 4 is 23.6 Å². The molecule has 2 rings (SSSR count). The van der Waals surface area contributed by atoms with E-state index < -0.39 is 17.6 Å². The summed E-state index contributed by atoms with van der Waals surface area (Å²) in [5.74, 6) is -0.760. The quantitative estimate of drug-likeness (QED) is 0.790. The molecule has 0 atom stereocenters. The van der Waals surface area contributed by atoms with Gasteiger partial charge in [0.25, 0.3) is 5.91 Å². The summed E-state index contributed by atoms with van der Waals surface area (Å²) < 4.78 is 4.49. The molecule has 1 aromatic rings. The monoisotopic (exact) mass is 286 g/mol. The fourth-order valence-corrected chi connectivity index (χ4v) is 1.84. The zero-order valence-electron chi connectivity index (χ0n) is 10.1. The molecule has 2 heterocycles. The fourth-order valence-electron chi connectivity index (χ4n) is 1.68. The Hall–Kier alpha value is -1.62. The van der Waals surface area contributed by atoms with Crippen LogP contribution in [0.3, 0.4) is 0 Å². The Kier molecular flexibility index (Phi) is 3.50. The van der Waals surface area contributed by atoms with E-state index in [1.54, 1.807) is 0 Å². The lowest BCUT2D eigenvalue weighted by molar-refractivity contribution is 0.0526. The first-order valence-electron chi connectivity index (χ1n) is 5.26. The number of nitrogens with zero attached hydrogens (tertiary/aromatic N) is 2. The third-order valence-electron chi connectivity index (χ3n) is 2.55. The number of carbonyl (C=O) groups is 2. The third kappa shape index (κ3) is 2.50. The van der Waals surface area contributed by atoms with E-state index >= 15 is 0 Å². The van der Waals surface area contributed by atoms with Crippen LogP contribution < -0.4 is 0 Å². The van der Waals surface area contributed by atoms with Gasteiger partial charge in [0.05, 0.1) is 17.3 Å². The molecule has 0 saturated carbocycles. The molecule has 1 aliphatic rings. The average Bonchev–Trinajstić information content (AvgIpc) is 2.62. The summed E-state index contributed by atoms with van der Waals surface area (Å²) in [5.41, 5.74) is -2.07.